The number of carbonyl (C=O) groups is 1. The van der Waals surface area contributed by atoms with Crippen molar-refractivity contribution in [2.45, 2.75) is 51.9 Å². The van der Waals surface area contributed by atoms with E-state index in [1.54, 1.807) is 12.1 Å². The van der Waals surface area contributed by atoms with Gasteiger partial charge in [-0.2, -0.15) is 0 Å². The van der Waals surface area contributed by atoms with E-state index in [-0.39, 0.29) is 22.8 Å². The quantitative estimate of drug-likeness (QED) is 0.200. The van der Waals surface area contributed by atoms with Crippen LogP contribution in [0.3, 0.4) is 0 Å². The first-order valence-corrected chi connectivity index (χ1v) is 17.0. The molecule has 0 saturated carbocycles. The lowest BCUT2D eigenvalue weighted by Crippen LogP contribution is -2.58. The van der Waals surface area contributed by atoms with Gasteiger partial charge in [-0.25, -0.2) is 4.98 Å². The number of phenolic OH excluding ortho intramolecular Hbond substituents is 1. The van der Waals surface area contributed by atoms with Crippen LogP contribution in [0.5, 0.6) is 11.5 Å². The van der Waals surface area contributed by atoms with Gasteiger partial charge in [0.05, 0.1) is 35.4 Å². The third-order valence-corrected chi connectivity index (χ3v) is 10.1. The monoisotopic (exact) mass is 661 g/mol. The van der Waals surface area contributed by atoms with Gasteiger partial charge in [0.2, 0.25) is 5.56 Å². The standard InChI is InChI=1S/C35H43N5O6S/c1-22-17-31(23(2)16-25(22)18-36-19-30(42)26-4-6-29(41)33-27(26)5-7-32(43)38-33)45-14-12-39-10-8-35(9-11-39)21-40(13-15-46-35)34(44)28-20-47-24(3)37-28/h4-7,16-17,20,30,36,41-42H,8-15,18-19,21H2,1-3H3,(H,38,43)/t30-/m0/s1. The number of pyridine rings is 1. The van der Waals surface area contributed by atoms with Crippen molar-refractivity contribution in [3.8, 4) is 11.5 Å². The van der Waals surface area contributed by atoms with Gasteiger partial charge in [0.1, 0.15) is 23.8 Å². The first kappa shape index (κ1) is 33.1. The van der Waals surface area contributed by atoms with Crippen molar-refractivity contribution in [2.24, 2.45) is 0 Å². The van der Waals surface area contributed by atoms with Gasteiger partial charge in [-0.1, -0.05) is 12.1 Å². The molecule has 2 aromatic carbocycles. The van der Waals surface area contributed by atoms with Crippen molar-refractivity contribution in [1.82, 2.24) is 25.1 Å². The number of fused-ring (bicyclic) bond motifs is 1. The number of phenols is 1. The molecule has 47 heavy (non-hydrogen) atoms. The van der Waals surface area contributed by atoms with E-state index in [9.17, 15) is 19.8 Å². The van der Waals surface area contributed by atoms with Gasteiger partial charge in [0, 0.05) is 56.1 Å². The van der Waals surface area contributed by atoms with E-state index in [0.717, 1.165) is 59.9 Å². The Bertz CT molecular complexity index is 1800. The minimum absolute atomic E-state index is 0.000266. The fourth-order valence-corrected chi connectivity index (χ4v) is 7.20. The van der Waals surface area contributed by atoms with Crippen LogP contribution in [0.15, 0.2) is 46.6 Å². The second-order valence-corrected chi connectivity index (χ2v) is 13.7. The lowest BCUT2D eigenvalue weighted by molar-refractivity contribution is -0.127. The number of amides is 1. The van der Waals surface area contributed by atoms with Crippen LogP contribution in [0.4, 0.5) is 0 Å². The molecule has 12 heteroatoms. The zero-order valence-electron chi connectivity index (χ0n) is 27.2. The fourth-order valence-electron chi connectivity index (χ4n) is 6.61. The van der Waals surface area contributed by atoms with Crippen LogP contribution >= 0.6 is 11.3 Å². The molecule has 4 heterocycles. The summed E-state index contributed by atoms with van der Waals surface area (Å²) in [5, 5.41) is 27.7. The Balaban J connectivity index is 0.961. The Labute approximate surface area is 278 Å². The molecular formula is C35H43N5O6S. The number of aromatic amines is 1. The normalized spacial score (nSPS) is 17.3. The largest absolute Gasteiger partial charge is 0.506 e. The number of rotatable bonds is 10. The van der Waals surface area contributed by atoms with Crippen molar-refractivity contribution in [3.05, 3.63) is 85.1 Å². The van der Waals surface area contributed by atoms with Crippen LogP contribution in [0, 0.1) is 20.8 Å². The number of H-pyrrole nitrogens is 1. The minimum Gasteiger partial charge on any atom is -0.506 e. The highest BCUT2D eigenvalue weighted by atomic mass is 32.1. The molecule has 0 bridgehead atoms. The molecule has 0 radical (unpaired) electrons. The van der Waals surface area contributed by atoms with E-state index in [4.69, 9.17) is 9.47 Å². The predicted molar refractivity (Wildman–Crippen MR) is 181 cm³/mol. The molecule has 0 unspecified atom stereocenters. The second-order valence-electron chi connectivity index (χ2n) is 12.7. The summed E-state index contributed by atoms with van der Waals surface area (Å²) >= 11 is 1.50. The molecule has 2 aliphatic heterocycles. The van der Waals surface area contributed by atoms with Gasteiger partial charge < -0.3 is 34.9 Å². The number of thiazole rings is 1. The van der Waals surface area contributed by atoms with Crippen LogP contribution in [0.1, 0.15) is 56.7 Å². The topological polar surface area (TPSA) is 140 Å². The maximum Gasteiger partial charge on any atom is 0.273 e. The van der Waals surface area contributed by atoms with Crippen molar-refractivity contribution in [3.63, 3.8) is 0 Å². The van der Waals surface area contributed by atoms with Crippen molar-refractivity contribution in [1.29, 1.82) is 0 Å². The van der Waals surface area contributed by atoms with Gasteiger partial charge in [-0.3, -0.25) is 14.5 Å². The van der Waals surface area contributed by atoms with Gasteiger partial charge in [-0.15, -0.1) is 11.3 Å². The van der Waals surface area contributed by atoms with Crippen LogP contribution < -0.4 is 15.6 Å². The highest BCUT2D eigenvalue weighted by Crippen LogP contribution is 2.32. The Morgan fingerprint density at radius 3 is 2.72 bits per heavy atom. The number of aliphatic hydroxyl groups excluding tert-OH is 1. The summed E-state index contributed by atoms with van der Waals surface area (Å²) < 4.78 is 12.5. The third-order valence-electron chi connectivity index (χ3n) is 9.36. The number of hydrogen-bond acceptors (Lipinski definition) is 10. The molecule has 6 rings (SSSR count). The lowest BCUT2D eigenvalue weighted by atomic mass is 9.89. The van der Waals surface area contributed by atoms with E-state index in [1.807, 2.05) is 24.1 Å². The van der Waals surface area contributed by atoms with Crippen LogP contribution in [-0.4, -0.2) is 94.0 Å². The van der Waals surface area contributed by atoms with Crippen molar-refractivity contribution >= 4 is 28.1 Å². The molecule has 1 amide bonds. The van der Waals surface area contributed by atoms with Crippen molar-refractivity contribution in [2.75, 3.05) is 52.5 Å². The number of carbonyl (C=O) groups excluding carboxylic acids is 1. The Kier molecular flexibility index (Phi) is 9.95. The molecule has 1 spiro atoms. The molecule has 11 nitrogen and oxygen atoms in total. The molecule has 4 aromatic rings. The number of aromatic hydroxyl groups is 1. The molecule has 0 aliphatic carbocycles. The number of nitrogens with one attached hydrogen (secondary N) is 2. The average Bonchev–Trinajstić information content (AvgIpc) is 3.50. The fraction of sp³-hybridized carbons (Fsp3) is 0.457. The zero-order chi connectivity index (χ0) is 33.1. The highest BCUT2D eigenvalue weighted by molar-refractivity contribution is 7.09. The molecular weight excluding hydrogens is 618 g/mol. The minimum atomic E-state index is -0.823. The van der Waals surface area contributed by atoms with Gasteiger partial charge in [0.15, 0.2) is 0 Å². The van der Waals surface area contributed by atoms with Crippen molar-refractivity contribution < 1.29 is 24.5 Å². The number of ether oxygens (including phenoxy) is 2. The summed E-state index contributed by atoms with van der Waals surface area (Å²) in [4.78, 5) is 36.0. The Morgan fingerprint density at radius 1 is 1.15 bits per heavy atom. The maximum atomic E-state index is 13.0. The smallest absolute Gasteiger partial charge is 0.273 e. The number of aliphatic hydroxyl groups is 1. The number of likely N-dealkylation sites (tertiary alicyclic amines) is 1. The SMILES string of the molecule is Cc1nc(C(=O)N2CCOC3(CCN(CCOc4cc(C)c(CNC[C@H](O)c5ccc(O)c6[nH]c(=O)ccc56)cc4C)CC3)C2)cs1. The number of nitrogens with zero attached hydrogens (tertiary/aromatic N) is 3. The first-order chi connectivity index (χ1) is 22.6. The lowest BCUT2D eigenvalue weighted by Gasteiger charge is -2.47. The Hall–Kier alpha value is -3.81. The van der Waals surface area contributed by atoms with Gasteiger partial charge >= 0.3 is 0 Å². The molecule has 250 valence electrons. The van der Waals surface area contributed by atoms with E-state index < -0.39 is 6.10 Å². The van der Waals surface area contributed by atoms with Crippen LogP contribution in [-0.2, 0) is 11.3 Å². The number of hydrogen-bond donors (Lipinski definition) is 4. The molecule has 1 atom stereocenters. The second kappa shape index (κ2) is 14.1. The summed E-state index contributed by atoms with van der Waals surface area (Å²) in [5.41, 5.74) is 4.16. The molecule has 4 N–H and O–H groups in total. The molecule has 2 fully saturated rings. The number of morpholine rings is 1. The summed E-state index contributed by atoms with van der Waals surface area (Å²) in [6.07, 6.45) is 0.935. The predicted octanol–water partition coefficient (Wildman–Crippen LogP) is 3.82. The first-order valence-electron chi connectivity index (χ1n) is 16.2. The number of aryl methyl sites for hydroxylation is 3. The maximum absolute atomic E-state index is 13.0. The van der Waals surface area contributed by atoms with E-state index in [1.165, 1.54) is 23.5 Å². The summed E-state index contributed by atoms with van der Waals surface area (Å²) in [6, 6.07) is 10.4. The zero-order valence-corrected chi connectivity index (χ0v) is 28.0. The van der Waals surface area contributed by atoms with Crippen LogP contribution in [0.2, 0.25) is 0 Å². The number of piperidine rings is 1. The summed E-state index contributed by atoms with van der Waals surface area (Å²) in [6.45, 7) is 11.9. The molecule has 2 aromatic heterocycles. The average molecular weight is 662 g/mol. The number of benzene rings is 2. The van der Waals surface area contributed by atoms with Gasteiger partial charge in [0.25, 0.3) is 5.91 Å². The summed E-state index contributed by atoms with van der Waals surface area (Å²) in [7, 11) is 0. The highest BCUT2D eigenvalue weighted by Gasteiger charge is 2.41. The third kappa shape index (κ3) is 7.52. The summed E-state index contributed by atoms with van der Waals surface area (Å²) in [5.74, 6) is 0.837. The van der Waals surface area contributed by atoms with Crippen LogP contribution in [0.25, 0.3) is 10.9 Å². The molecule has 2 aliphatic rings. The van der Waals surface area contributed by atoms with E-state index in [2.05, 4.69) is 39.2 Å². The van der Waals surface area contributed by atoms with E-state index in [0.29, 0.717) is 61.6 Å². The number of aromatic nitrogens is 2. The Morgan fingerprint density at radius 2 is 1.96 bits per heavy atom. The van der Waals surface area contributed by atoms with E-state index >= 15 is 0 Å². The van der Waals surface area contributed by atoms with Gasteiger partial charge in [-0.05, 0) is 74.1 Å². The molecule has 2 saturated heterocycles.